The van der Waals surface area contributed by atoms with Gasteiger partial charge in [0.25, 0.3) is 5.91 Å². The fourth-order valence-corrected chi connectivity index (χ4v) is 4.17. The summed E-state index contributed by atoms with van der Waals surface area (Å²) < 4.78 is 5.42. The molecule has 2 fully saturated rings. The van der Waals surface area contributed by atoms with E-state index in [1.165, 1.54) is 0 Å². The molecule has 1 aromatic heterocycles. The Morgan fingerprint density at radius 1 is 1.31 bits per heavy atom. The molecular formula is C20H30N2O4. The molecule has 6 heteroatoms. The summed E-state index contributed by atoms with van der Waals surface area (Å²) in [6.07, 6.45) is 4.46. The summed E-state index contributed by atoms with van der Waals surface area (Å²) in [5.74, 6) is 1.40. The summed E-state index contributed by atoms with van der Waals surface area (Å²) >= 11 is 0. The van der Waals surface area contributed by atoms with Crippen molar-refractivity contribution in [2.75, 3.05) is 26.2 Å². The van der Waals surface area contributed by atoms with Crippen LogP contribution in [0, 0.1) is 11.3 Å². The lowest BCUT2D eigenvalue weighted by atomic mass is 9.73. The fourth-order valence-electron chi connectivity index (χ4n) is 4.17. The van der Waals surface area contributed by atoms with Crippen LogP contribution in [0.2, 0.25) is 0 Å². The Hall–Kier alpha value is -1.82. The van der Waals surface area contributed by atoms with Crippen molar-refractivity contribution >= 4 is 11.8 Å². The zero-order valence-electron chi connectivity index (χ0n) is 15.9. The Bertz CT molecular complexity index is 654. The maximum Gasteiger partial charge on any atom is 0.289 e. The van der Waals surface area contributed by atoms with Gasteiger partial charge < -0.3 is 19.3 Å². The van der Waals surface area contributed by atoms with Gasteiger partial charge in [-0.1, -0.05) is 13.8 Å². The molecule has 0 bridgehead atoms. The van der Waals surface area contributed by atoms with Crippen LogP contribution < -0.4 is 0 Å². The van der Waals surface area contributed by atoms with Crippen molar-refractivity contribution in [2.45, 2.75) is 52.6 Å². The molecule has 0 saturated carbocycles. The number of aliphatic hydroxyl groups is 1. The molecule has 0 aliphatic carbocycles. The second-order valence-electron chi connectivity index (χ2n) is 8.25. The monoisotopic (exact) mass is 362 g/mol. The van der Waals surface area contributed by atoms with E-state index >= 15 is 0 Å². The largest absolute Gasteiger partial charge is 0.453 e. The Morgan fingerprint density at radius 3 is 2.81 bits per heavy atom. The van der Waals surface area contributed by atoms with E-state index in [4.69, 9.17) is 9.52 Å². The van der Waals surface area contributed by atoms with E-state index in [-0.39, 0.29) is 29.6 Å². The van der Waals surface area contributed by atoms with Gasteiger partial charge in [0.15, 0.2) is 5.76 Å². The molecule has 0 unspecified atom stereocenters. The maximum atomic E-state index is 12.8. The van der Waals surface area contributed by atoms with Crippen molar-refractivity contribution in [1.82, 2.24) is 9.80 Å². The first-order chi connectivity index (χ1) is 12.4. The minimum absolute atomic E-state index is 0.00516. The van der Waals surface area contributed by atoms with Crippen LogP contribution in [-0.2, 0) is 11.4 Å². The quantitative estimate of drug-likeness (QED) is 0.874. The van der Waals surface area contributed by atoms with Gasteiger partial charge in [0, 0.05) is 38.0 Å². The molecule has 2 saturated heterocycles. The topological polar surface area (TPSA) is 74.0 Å². The summed E-state index contributed by atoms with van der Waals surface area (Å²) in [6, 6.07) is 3.27. The summed E-state index contributed by atoms with van der Waals surface area (Å²) in [7, 11) is 0. The zero-order valence-corrected chi connectivity index (χ0v) is 15.9. The molecule has 1 aromatic rings. The number of rotatable bonds is 5. The number of hydrogen-bond donors (Lipinski definition) is 1. The molecule has 1 spiro atoms. The molecule has 0 aromatic carbocycles. The number of carbonyl (C=O) groups is 2. The number of amides is 2. The molecule has 2 aliphatic rings. The van der Waals surface area contributed by atoms with E-state index in [1.807, 2.05) is 9.80 Å². The second-order valence-corrected chi connectivity index (χ2v) is 8.25. The predicted molar refractivity (Wildman–Crippen MR) is 97.5 cm³/mol. The third kappa shape index (κ3) is 4.11. The fraction of sp³-hybridized carbons (Fsp3) is 0.700. The smallest absolute Gasteiger partial charge is 0.289 e. The van der Waals surface area contributed by atoms with Gasteiger partial charge in [-0.25, -0.2) is 0 Å². The third-order valence-electron chi connectivity index (χ3n) is 5.70. The molecule has 3 heterocycles. The Kier molecular flexibility index (Phi) is 5.70. The Morgan fingerprint density at radius 2 is 2.12 bits per heavy atom. The highest BCUT2D eigenvalue weighted by atomic mass is 16.4. The van der Waals surface area contributed by atoms with Crippen molar-refractivity contribution in [3.63, 3.8) is 0 Å². The van der Waals surface area contributed by atoms with E-state index in [9.17, 15) is 9.59 Å². The highest BCUT2D eigenvalue weighted by Crippen LogP contribution is 2.39. The van der Waals surface area contributed by atoms with Crippen LogP contribution in [0.1, 0.15) is 62.3 Å². The van der Waals surface area contributed by atoms with Crippen molar-refractivity contribution in [1.29, 1.82) is 0 Å². The highest BCUT2D eigenvalue weighted by molar-refractivity contribution is 5.91. The van der Waals surface area contributed by atoms with Gasteiger partial charge in [-0.2, -0.15) is 0 Å². The number of carbonyl (C=O) groups excluding carboxylic acids is 2. The maximum absolute atomic E-state index is 12.8. The van der Waals surface area contributed by atoms with E-state index in [2.05, 4.69) is 13.8 Å². The molecule has 3 rings (SSSR count). The van der Waals surface area contributed by atoms with Crippen molar-refractivity contribution < 1.29 is 19.1 Å². The van der Waals surface area contributed by atoms with Gasteiger partial charge >= 0.3 is 0 Å². The molecular weight excluding hydrogens is 332 g/mol. The summed E-state index contributed by atoms with van der Waals surface area (Å²) in [5, 5.41) is 9.13. The predicted octanol–water partition coefficient (Wildman–Crippen LogP) is 2.66. The molecule has 144 valence electrons. The van der Waals surface area contributed by atoms with E-state index in [0.29, 0.717) is 24.6 Å². The first-order valence-corrected chi connectivity index (χ1v) is 9.69. The van der Waals surface area contributed by atoms with Gasteiger partial charge in [-0.05, 0) is 43.7 Å². The van der Waals surface area contributed by atoms with Crippen LogP contribution in [0.5, 0.6) is 0 Å². The van der Waals surface area contributed by atoms with Gasteiger partial charge in [-0.3, -0.25) is 9.59 Å². The average molecular weight is 362 g/mol. The standard InChI is InChI=1S/C20H30N2O4/c1-15(2)7-11-21-13-20(9-6-18(21)24)8-3-10-22(14-20)19(25)17-5-4-16(12-23)26-17/h4-5,15,23H,3,6-14H2,1-2H3/t20-/m1/s1. The first-order valence-electron chi connectivity index (χ1n) is 9.69. The van der Waals surface area contributed by atoms with Gasteiger partial charge in [0.2, 0.25) is 5.91 Å². The zero-order chi connectivity index (χ0) is 18.7. The van der Waals surface area contributed by atoms with Crippen LogP contribution in [0.4, 0.5) is 0 Å². The normalized spacial score (nSPS) is 23.9. The number of piperidine rings is 2. The number of nitrogens with zero attached hydrogens (tertiary/aromatic N) is 2. The third-order valence-corrected chi connectivity index (χ3v) is 5.70. The molecule has 1 atom stereocenters. The Balaban J connectivity index is 1.68. The van der Waals surface area contributed by atoms with Crippen LogP contribution in [0.25, 0.3) is 0 Å². The average Bonchev–Trinajstić information content (AvgIpc) is 3.11. The minimum Gasteiger partial charge on any atom is -0.453 e. The van der Waals surface area contributed by atoms with E-state index < -0.39 is 0 Å². The van der Waals surface area contributed by atoms with Crippen molar-refractivity contribution in [3.8, 4) is 0 Å². The summed E-state index contributed by atoms with van der Waals surface area (Å²) in [4.78, 5) is 29.0. The van der Waals surface area contributed by atoms with Gasteiger partial charge in [0.1, 0.15) is 12.4 Å². The van der Waals surface area contributed by atoms with Crippen LogP contribution in [-0.4, -0.2) is 52.9 Å². The number of likely N-dealkylation sites (tertiary alicyclic amines) is 2. The van der Waals surface area contributed by atoms with E-state index in [1.54, 1.807) is 12.1 Å². The first kappa shape index (κ1) is 19.0. The van der Waals surface area contributed by atoms with Crippen molar-refractivity contribution in [2.24, 2.45) is 11.3 Å². The number of aliphatic hydroxyl groups excluding tert-OH is 1. The van der Waals surface area contributed by atoms with Gasteiger partial charge in [0.05, 0.1) is 0 Å². The summed E-state index contributed by atoms with van der Waals surface area (Å²) in [5.41, 5.74) is 0.00516. The SMILES string of the molecule is CC(C)CCN1C[C@@]2(CCCN(C(=O)c3ccc(CO)o3)C2)CCC1=O. The van der Waals surface area contributed by atoms with Crippen LogP contribution >= 0.6 is 0 Å². The molecule has 26 heavy (non-hydrogen) atoms. The van der Waals surface area contributed by atoms with Gasteiger partial charge in [-0.15, -0.1) is 0 Å². The molecule has 1 N–H and O–H groups in total. The number of furan rings is 1. The van der Waals surface area contributed by atoms with Crippen LogP contribution in [0.3, 0.4) is 0 Å². The Labute approximate surface area is 155 Å². The lowest BCUT2D eigenvalue weighted by Gasteiger charge is -2.48. The highest BCUT2D eigenvalue weighted by Gasteiger charge is 2.43. The molecule has 6 nitrogen and oxygen atoms in total. The lowest BCUT2D eigenvalue weighted by molar-refractivity contribution is -0.139. The van der Waals surface area contributed by atoms with Crippen molar-refractivity contribution in [3.05, 3.63) is 23.7 Å². The second kappa shape index (κ2) is 7.82. The molecule has 0 radical (unpaired) electrons. The minimum atomic E-state index is -0.204. The molecule has 2 aliphatic heterocycles. The number of hydrogen-bond acceptors (Lipinski definition) is 4. The molecule has 2 amide bonds. The van der Waals surface area contributed by atoms with E-state index in [0.717, 1.165) is 45.3 Å². The summed E-state index contributed by atoms with van der Waals surface area (Å²) in [6.45, 7) is 7.10. The van der Waals surface area contributed by atoms with Crippen LogP contribution in [0.15, 0.2) is 16.5 Å². The lowest BCUT2D eigenvalue weighted by Crippen LogP contribution is -2.55.